The van der Waals surface area contributed by atoms with E-state index in [4.69, 9.17) is 4.74 Å². The maximum atomic E-state index is 13.1. The van der Waals surface area contributed by atoms with Gasteiger partial charge in [-0.05, 0) is 51.3 Å². The molecule has 0 fully saturated rings. The van der Waals surface area contributed by atoms with Crippen LogP contribution in [0.25, 0.3) is 0 Å². The Bertz CT molecular complexity index is 831. The lowest BCUT2D eigenvalue weighted by molar-refractivity contribution is -0.142. The molecule has 0 radical (unpaired) electrons. The molecule has 0 aromatic heterocycles. The van der Waals surface area contributed by atoms with E-state index in [1.807, 2.05) is 77.1 Å². The highest BCUT2D eigenvalue weighted by Crippen LogP contribution is 2.19. The molecular formula is C24H32N2O3. The Morgan fingerprint density at radius 2 is 1.66 bits per heavy atom. The zero-order chi connectivity index (χ0) is 21.4. The second-order valence-electron chi connectivity index (χ2n) is 7.38. The van der Waals surface area contributed by atoms with Crippen LogP contribution >= 0.6 is 0 Å². The van der Waals surface area contributed by atoms with Gasteiger partial charge in [0.15, 0.2) is 6.61 Å². The third-order valence-electron chi connectivity index (χ3n) is 4.89. The molecular weight excluding hydrogens is 364 g/mol. The van der Waals surface area contributed by atoms with Gasteiger partial charge in [0.2, 0.25) is 5.91 Å². The van der Waals surface area contributed by atoms with E-state index in [0.717, 1.165) is 22.3 Å². The number of aryl methyl sites for hydroxylation is 3. The molecule has 156 valence electrons. The van der Waals surface area contributed by atoms with Gasteiger partial charge in [-0.1, -0.05) is 54.4 Å². The van der Waals surface area contributed by atoms with Crippen molar-refractivity contribution in [2.75, 3.05) is 13.2 Å². The van der Waals surface area contributed by atoms with Crippen molar-refractivity contribution < 1.29 is 14.3 Å². The lowest BCUT2D eigenvalue weighted by Crippen LogP contribution is -2.50. The van der Waals surface area contributed by atoms with E-state index in [0.29, 0.717) is 25.3 Å². The molecule has 0 aliphatic carbocycles. The summed E-state index contributed by atoms with van der Waals surface area (Å²) in [6.45, 7) is 10.6. The van der Waals surface area contributed by atoms with Gasteiger partial charge in [-0.15, -0.1) is 0 Å². The van der Waals surface area contributed by atoms with Crippen LogP contribution in [0.1, 0.15) is 42.5 Å². The minimum Gasteiger partial charge on any atom is -0.483 e. The molecule has 1 unspecified atom stereocenters. The molecule has 1 N–H and O–H groups in total. The van der Waals surface area contributed by atoms with E-state index in [-0.39, 0.29) is 18.4 Å². The molecule has 2 rings (SSSR count). The summed E-state index contributed by atoms with van der Waals surface area (Å²) in [5.74, 6) is 0.343. The van der Waals surface area contributed by atoms with Crippen LogP contribution in [0.5, 0.6) is 5.75 Å². The topological polar surface area (TPSA) is 58.6 Å². The van der Waals surface area contributed by atoms with Crippen molar-refractivity contribution in [1.82, 2.24) is 10.2 Å². The van der Waals surface area contributed by atoms with Crippen molar-refractivity contribution in [2.24, 2.45) is 0 Å². The van der Waals surface area contributed by atoms with Crippen molar-refractivity contribution in [3.05, 3.63) is 64.7 Å². The molecule has 0 bridgehead atoms. The first-order valence-electron chi connectivity index (χ1n) is 10.2. The van der Waals surface area contributed by atoms with Crippen molar-refractivity contribution in [2.45, 2.75) is 53.6 Å². The Labute approximate surface area is 174 Å². The molecule has 29 heavy (non-hydrogen) atoms. The van der Waals surface area contributed by atoms with Crippen LogP contribution in [0.15, 0.2) is 42.5 Å². The SMILES string of the molecule is CCNC(=O)C(CC)N(Cc1ccc(C)cc1)C(=O)COc1ccc(C)cc1C. The average Bonchev–Trinajstić information content (AvgIpc) is 2.68. The van der Waals surface area contributed by atoms with Crippen LogP contribution in [0.2, 0.25) is 0 Å². The second kappa shape index (κ2) is 10.6. The minimum atomic E-state index is -0.536. The van der Waals surface area contributed by atoms with Crippen LogP contribution in [0.4, 0.5) is 0 Å². The molecule has 2 amide bonds. The van der Waals surface area contributed by atoms with Crippen LogP contribution in [0, 0.1) is 20.8 Å². The van der Waals surface area contributed by atoms with Gasteiger partial charge >= 0.3 is 0 Å². The van der Waals surface area contributed by atoms with E-state index in [9.17, 15) is 9.59 Å². The van der Waals surface area contributed by atoms with Crippen molar-refractivity contribution >= 4 is 11.8 Å². The van der Waals surface area contributed by atoms with E-state index in [1.165, 1.54) is 0 Å². The summed E-state index contributed by atoms with van der Waals surface area (Å²) in [4.78, 5) is 27.3. The maximum Gasteiger partial charge on any atom is 0.261 e. The number of ether oxygens (including phenoxy) is 1. The molecule has 0 aliphatic rings. The highest BCUT2D eigenvalue weighted by Gasteiger charge is 2.28. The highest BCUT2D eigenvalue weighted by molar-refractivity contribution is 5.88. The number of benzene rings is 2. The second-order valence-corrected chi connectivity index (χ2v) is 7.38. The summed E-state index contributed by atoms with van der Waals surface area (Å²) in [5.41, 5.74) is 4.27. The Morgan fingerprint density at radius 1 is 1.00 bits per heavy atom. The van der Waals surface area contributed by atoms with Crippen molar-refractivity contribution in [1.29, 1.82) is 0 Å². The molecule has 0 saturated heterocycles. The predicted octanol–water partition coefficient (Wildman–Crippen LogP) is 3.93. The van der Waals surface area contributed by atoms with Gasteiger partial charge < -0.3 is 15.0 Å². The van der Waals surface area contributed by atoms with Gasteiger partial charge in [-0.3, -0.25) is 9.59 Å². The van der Waals surface area contributed by atoms with Crippen LogP contribution in [-0.4, -0.2) is 35.9 Å². The summed E-state index contributed by atoms with van der Waals surface area (Å²) < 4.78 is 5.80. The molecule has 0 aliphatic heterocycles. The number of amides is 2. The lowest BCUT2D eigenvalue weighted by atomic mass is 10.1. The highest BCUT2D eigenvalue weighted by atomic mass is 16.5. The molecule has 0 saturated carbocycles. The summed E-state index contributed by atoms with van der Waals surface area (Å²) in [7, 11) is 0. The molecule has 5 nitrogen and oxygen atoms in total. The number of rotatable bonds is 9. The van der Waals surface area contributed by atoms with Crippen LogP contribution < -0.4 is 10.1 Å². The van der Waals surface area contributed by atoms with Crippen molar-refractivity contribution in [3.8, 4) is 5.75 Å². The van der Waals surface area contributed by atoms with Crippen molar-refractivity contribution in [3.63, 3.8) is 0 Å². The normalized spacial score (nSPS) is 11.6. The van der Waals surface area contributed by atoms with E-state index in [2.05, 4.69) is 5.32 Å². The maximum absolute atomic E-state index is 13.1. The quantitative estimate of drug-likeness (QED) is 0.699. The van der Waals surface area contributed by atoms with E-state index >= 15 is 0 Å². The average molecular weight is 397 g/mol. The van der Waals surface area contributed by atoms with E-state index in [1.54, 1.807) is 4.90 Å². The van der Waals surface area contributed by atoms with Gasteiger partial charge in [0.25, 0.3) is 5.91 Å². The zero-order valence-corrected chi connectivity index (χ0v) is 18.1. The smallest absolute Gasteiger partial charge is 0.261 e. The van der Waals surface area contributed by atoms with Crippen LogP contribution in [0.3, 0.4) is 0 Å². The van der Waals surface area contributed by atoms with Gasteiger partial charge in [0.1, 0.15) is 11.8 Å². The number of nitrogens with one attached hydrogen (secondary N) is 1. The van der Waals surface area contributed by atoms with Gasteiger partial charge in [0, 0.05) is 13.1 Å². The van der Waals surface area contributed by atoms with E-state index < -0.39 is 6.04 Å². The summed E-state index contributed by atoms with van der Waals surface area (Å²) in [6.07, 6.45) is 0.535. The monoisotopic (exact) mass is 396 g/mol. The number of likely N-dealkylation sites (N-methyl/N-ethyl adjacent to an activating group) is 1. The Hall–Kier alpha value is -2.82. The standard InChI is InChI=1S/C24H32N2O3/c1-6-21(24(28)25-7-2)26(15-20-11-8-17(3)9-12-20)23(27)16-29-22-13-10-18(4)14-19(22)5/h8-14,21H,6-7,15-16H2,1-5H3,(H,25,28). The first-order chi connectivity index (χ1) is 13.8. The number of carbonyl (C=O) groups excluding carboxylic acids is 2. The fourth-order valence-corrected chi connectivity index (χ4v) is 3.29. The Kier molecular flexibility index (Phi) is 8.25. The number of carbonyl (C=O) groups is 2. The molecule has 2 aromatic carbocycles. The number of hydrogen-bond acceptors (Lipinski definition) is 3. The first-order valence-corrected chi connectivity index (χ1v) is 10.2. The Balaban J connectivity index is 2.20. The summed E-state index contributed by atoms with van der Waals surface area (Å²) in [5, 5.41) is 2.84. The lowest BCUT2D eigenvalue weighted by Gasteiger charge is -2.30. The molecule has 0 heterocycles. The van der Waals surface area contributed by atoms with Crippen LogP contribution in [-0.2, 0) is 16.1 Å². The summed E-state index contributed by atoms with van der Waals surface area (Å²) >= 11 is 0. The van der Waals surface area contributed by atoms with Gasteiger partial charge in [-0.2, -0.15) is 0 Å². The van der Waals surface area contributed by atoms with Gasteiger partial charge in [0.05, 0.1) is 0 Å². The third kappa shape index (κ3) is 6.34. The largest absolute Gasteiger partial charge is 0.483 e. The third-order valence-corrected chi connectivity index (χ3v) is 4.89. The number of hydrogen-bond donors (Lipinski definition) is 1. The first kappa shape index (κ1) is 22.5. The summed E-state index contributed by atoms with van der Waals surface area (Å²) in [6, 6.07) is 13.3. The molecule has 1 atom stereocenters. The zero-order valence-electron chi connectivity index (χ0n) is 18.1. The number of nitrogens with zero attached hydrogens (tertiary/aromatic N) is 1. The fourth-order valence-electron chi connectivity index (χ4n) is 3.29. The molecule has 2 aromatic rings. The minimum absolute atomic E-state index is 0.105. The molecule has 0 spiro atoms. The van der Waals surface area contributed by atoms with Gasteiger partial charge in [-0.25, -0.2) is 0 Å². The Morgan fingerprint density at radius 3 is 2.24 bits per heavy atom. The predicted molar refractivity (Wildman–Crippen MR) is 116 cm³/mol. The molecule has 5 heteroatoms. The fraction of sp³-hybridized carbons (Fsp3) is 0.417.